The third-order valence-electron chi connectivity index (χ3n) is 2.52. The molecule has 0 bridgehead atoms. The molecule has 1 aromatic rings. The first-order valence-corrected chi connectivity index (χ1v) is 6.60. The van der Waals surface area contributed by atoms with Gasteiger partial charge in [0.1, 0.15) is 11.3 Å². The zero-order valence-corrected chi connectivity index (χ0v) is 12.2. The van der Waals surface area contributed by atoms with Gasteiger partial charge in [-0.2, -0.15) is 0 Å². The van der Waals surface area contributed by atoms with Crippen molar-refractivity contribution in [3.05, 3.63) is 27.7 Å². The summed E-state index contributed by atoms with van der Waals surface area (Å²) in [5, 5.41) is 0. The van der Waals surface area contributed by atoms with E-state index in [1.807, 2.05) is 13.0 Å². The highest BCUT2D eigenvalue weighted by atomic mass is 79.9. The maximum absolute atomic E-state index is 11.6. The quantitative estimate of drug-likeness (QED) is 0.647. The maximum Gasteiger partial charge on any atom is 0.341 e. The maximum atomic E-state index is 11.6. The lowest BCUT2D eigenvalue weighted by Crippen LogP contribution is -2.08. The third kappa shape index (κ3) is 3.99. The van der Waals surface area contributed by atoms with E-state index in [-0.39, 0.29) is 0 Å². The number of hydrogen-bond acceptors (Lipinski definition) is 4. The van der Waals surface area contributed by atoms with E-state index >= 15 is 0 Å². The Hall–Kier alpha value is -1.07. The molecule has 0 aromatic heterocycles. The Morgan fingerprint density at radius 2 is 2.11 bits per heavy atom. The van der Waals surface area contributed by atoms with Gasteiger partial charge >= 0.3 is 5.97 Å². The van der Waals surface area contributed by atoms with Gasteiger partial charge in [0, 0.05) is 4.47 Å². The van der Waals surface area contributed by atoms with Crippen molar-refractivity contribution in [1.82, 2.24) is 0 Å². The average Bonchev–Trinajstić information content (AvgIpc) is 2.37. The van der Waals surface area contributed by atoms with Gasteiger partial charge in [0.2, 0.25) is 0 Å². The molecule has 0 atom stereocenters. The molecule has 0 fully saturated rings. The van der Waals surface area contributed by atoms with Gasteiger partial charge in [-0.3, -0.25) is 0 Å². The van der Waals surface area contributed by atoms with E-state index in [9.17, 15) is 4.79 Å². The minimum absolute atomic E-state index is 0.399. The lowest BCUT2D eigenvalue weighted by molar-refractivity contribution is 0.0596. The van der Waals surface area contributed by atoms with Gasteiger partial charge < -0.3 is 15.2 Å². The van der Waals surface area contributed by atoms with E-state index in [1.165, 1.54) is 7.11 Å². The van der Waals surface area contributed by atoms with Gasteiger partial charge in [-0.05, 0) is 44.0 Å². The predicted octanol–water partition coefficient (Wildman–Crippen LogP) is 2.66. The molecule has 0 aliphatic heterocycles. The number of methoxy groups -OCH3 is 1. The molecule has 4 nitrogen and oxygen atoms in total. The summed E-state index contributed by atoms with van der Waals surface area (Å²) in [6.45, 7) is 3.13. The average molecular weight is 316 g/mol. The highest BCUT2D eigenvalue weighted by molar-refractivity contribution is 9.10. The normalized spacial score (nSPS) is 10.2. The molecule has 1 rings (SSSR count). The number of esters is 1. The first-order valence-electron chi connectivity index (χ1n) is 5.81. The first kappa shape index (κ1) is 15.0. The zero-order valence-electron chi connectivity index (χ0n) is 10.7. The summed E-state index contributed by atoms with van der Waals surface area (Å²) < 4.78 is 11.2. The number of unbranched alkanes of at least 4 members (excludes halogenated alkanes) is 1. The largest absolute Gasteiger partial charge is 0.493 e. The van der Waals surface area contributed by atoms with Crippen LogP contribution in [-0.4, -0.2) is 26.2 Å². The van der Waals surface area contributed by atoms with Crippen molar-refractivity contribution in [3.63, 3.8) is 0 Å². The molecule has 0 saturated heterocycles. The van der Waals surface area contributed by atoms with Crippen molar-refractivity contribution >= 4 is 21.9 Å². The minimum Gasteiger partial charge on any atom is -0.493 e. The van der Waals surface area contributed by atoms with E-state index in [0.29, 0.717) is 24.5 Å². The second kappa shape index (κ2) is 7.38. The molecule has 18 heavy (non-hydrogen) atoms. The number of ether oxygens (including phenoxy) is 2. The second-order valence-electron chi connectivity index (χ2n) is 3.93. The van der Waals surface area contributed by atoms with Gasteiger partial charge in [0.25, 0.3) is 0 Å². The van der Waals surface area contributed by atoms with Crippen molar-refractivity contribution in [2.75, 3.05) is 20.3 Å². The topological polar surface area (TPSA) is 61.5 Å². The number of halogens is 1. The van der Waals surface area contributed by atoms with Crippen LogP contribution < -0.4 is 10.5 Å². The van der Waals surface area contributed by atoms with Crippen LogP contribution in [0.4, 0.5) is 0 Å². The SMILES string of the molecule is COC(=O)c1cc(Br)c(C)cc1OCCCCN. The fourth-order valence-corrected chi connectivity index (χ4v) is 1.82. The Balaban J connectivity index is 2.86. The number of aryl methyl sites for hydroxylation is 1. The summed E-state index contributed by atoms with van der Waals surface area (Å²) in [6.07, 6.45) is 1.77. The number of carbonyl (C=O) groups is 1. The van der Waals surface area contributed by atoms with Crippen LogP contribution in [0.15, 0.2) is 16.6 Å². The van der Waals surface area contributed by atoms with E-state index < -0.39 is 5.97 Å². The van der Waals surface area contributed by atoms with Crippen LogP contribution in [-0.2, 0) is 4.74 Å². The highest BCUT2D eigenvalue weighted by Gasteiger charge is 2.15. The molecule has 0 aliphatic rings. The second-order valence-corrected chi connectivity index (χ2v) is 4.79. The number of benzene rings is 1. The minimum atomic E-state index is -0.399. The van der Waals surface area contributed by atoms with Crippen LogP contribution in [0.3, 0.4) is 0 Å². The molecule has 0 saturated carbocycles. The molecule has 0 amide bonds. The summed E-state index contributed by atoms with van der Waals surface area (Å²) in [5.41, 5.74) is 6.86. The van der Waals surface area contributed by atoms with Crippen molar-refractivity contribution in [1.29, 1.82) is 0 Å². The van der Waals surface area contributed by atoms with Crippen molar-refractivity contribution < 1.29 is 14.3 Å². The van der Waals surface area contributed by atoms with E-state index in [0.717, 1.165) is 22.9 Å². The van der Waals surface area contributed by atoms with Crippen LogP contribution in [0.5, 0.6) is 5.75 Å². The summed E-state index contributed by atoms with van der Waals surface area (Å²) >= 11 is 3.39. The van der Waals surface area contributed by atoms with E-state index in [2.05, 4.69) is 15.9 Å². The highest BCUT2D eigenvalue weighted by Crippen LogP contribution is 2.27. The Labute approximate surface area is 116 Å². The molecule has 0 aliphatic carbocycles. The molecule has 2 N–H and O–H groups in total. The third-order valence-corrected chi connectivity index (χ3v) is 3.38. The van der Waals surface area contributed by atoms with Crippen LogP contribution in [0.25, 0.3) is 0 Å². The molecule has 0 unspecified atom stereocenters. The van der Waals surface area contributed by atoms with Gasteiger partial charge in [-0.15, -0.1) is 0 Å². The molecule has 1 aromatic carbocycles. The Kier molecular flexibility index (Phi) is 6.15. The molecule has 100 valence electrons. The standard InChI is InChI=1S/C13H18BrNO3/c1-9-7-12(18-6-4-3-5-15)10(8-11(9)14)13(16)17-2/h7-8H,3-6,15H2,1-2H3. The molecule has 0 heterocycles. The first-order chi connectivity index (χ1) is 8.60. The molecule has 5 heteroatoms. The Bertz CT molecular complexity index is 421. The monoisotopic (exact) mass is 315 g/mol. The summed E-state index contributed by atoms with van der Waals surface area (Å²) in [7, 11) is 1.36. The van der Waals surface area contributed by atoms with Gasteiger partial charge in [-0.1, -0.05) is 15.9 Å². The van der Waals surface area contributed by atoms with Crippen LogP contribution in [0.2, 0.25) is 0 Å². The smallest absolute Gasteiger partial charge is 0.341 e. The van der Waals surface area contributed by atoms with Crippen LogP contribution >= 0.6 is 15.9 Å². The number of hydrogen-bond donors (Lipinski definition) is 1. The molecular weight excluding hydrogens is 298 g/mol. The van der Waals surface area contributed by atoms with Gasteiger partial charge in [-0.25, -0.2) is 4.79 Å². The summed E-state index contributed by atoms with van der Waals surface area (Å²) in [4.78, 5) is 11.6. The van der Waals surface area contributed by atoms with Gasteiger partial charge in [0.05, 0.1) is 13.7 Å². The van der Waals surface area contributed by atoms with Crippen LogP contribution in [0.1, 0.15) is 28.8 Å². The van der Waals surface area contributed by atoms with Crippen LogP contribution in [0, 0.1) is 6.92 Å². The Morgan fingerprint density at radius 3 is 2.72 bits per heavy atom. The summed E-state index contributed by atoms with van der Waals surface area (Å²) in [6, 6.07) is 3.55. The predicted molar refractivity (Wildman–Crippen MR) is 74.0 cm³/mol. The van der Waals surface area contributed by atoms with Crippen molar-refractivity contribution in [3.8, 4) is 5.75 Å². The van der Waals surface area contributed by atoms with Gasteiger partial charge in [0.15, 0.2) is 0 Å². The molecule has 0 radical (unpaired) electrons. The number of carbonyl (C=O) groups excluding carboxylic acids is 1. The zero-order chi connectivity index (χ0) is 13.5. The van der Waals surface area contributed by atoms with E-state index in [4.69, 9.17) is 15.2 Å². The van der Waals surface area contributed by atoms with Crippen molar-refractivity contribution in [2.45, 2.75) is 19.8 Å². The lowest BCUT2D eigenvalue weighted by atomic mass is 10.1. The fraction of sp³-hybridized carbons (Fsp3) is 0.462. The fourth-order valence-electron chi connectivity index (χ4n) is 1.47. The van der Waals surface area contributed by atoms with E-state index in [1.54, 1.807) is 6.07 Å². The Morgan fingerprint density at radius 1 is 1.39 bits per heavy atom. The lowest BCUT2D eigenvalue weighted by Gasteiger charge is -2.12. The number of rotatable bonds is 6. The van der Waals surface area contributed by atoms with Crippen molar-refractivity contribution in [2.24, 2.45) is 5.73 Å². The molecule has 0 spiro atoms. The molecular formula is C13H18BrNO3. The number of nitrogens with two attached hydrogens (primary N) is 1. The summed E-state index contributed by atoms with van der Waals surface area (Å²) in [5.74, 6) is 0.157.